The summed E-state index contributed by atoms with van der Waals surface area (Å²) in [5, 5.41) is 75.4. The van der Waals surface area contributed by atoms with E-state index in [4.69, 9.17) is 33.2 Å². The number of hydrogen-bond donors (Lipinski definition) is 7. The summed E-state index contributed by atoms with van der Waals surface area (Å²) in [5.41, 5.74) is -1.80. The maximum atomic E-state index is 12.6. The first-order chi connectivity index (χ1) is 25.6. The molecule has 5 saturated carbocycles. The zero-order chi connectivity index (χ0) is 39.6. The van der Waals surface area contributed by atoms with Crippen molar-refractivity contribution >= 4 is 0 Å². The molecule has 9 aliphatic rings. The van der Waals surface area contributed by atoms with E-state index in [0.717, 1.165) is 38.5 Å². The van der Waals surface area contributed by atoms with E-state index in [0.29, 0.717) is 12.8 Å². The fourth-order valence-electron chi connectivity index (χ4n) is 15.4. The Kier molecular flexibility index (Phi) is 9.06. The Balaban J connectivity index is 0.974. The molecular weight excluding hydrogens is 716 g/mol. The number of aliphatic hydroxyl groups is 7. The van der Waals surface area contributed by atoms with Crippen molar-refractivity contribution in [2.24, 2.45) is 50.7 Å². The third-order valence-corrected chi connectivity index (χ3v) is 17.9. The Morgan fingerprint density at radius 2 is 1.38 bits per heavy atom. The van der Waals surface area contributed by atoms with Crippen molar-refractivity contribution in [2.45, 2.75) is 191 Å². The summed E-state index contributed by atoms with van der Waals surface area (Å²) in [6.45, 7) is 15.3. The van der Waals surface area contributed by atoms with Gasteiger partial charge in [0.05, 0.1) is 30.5 Å². The van der Waals surface area contributed by atoms with Crippen LogP contribution in [-0.4, -0.2) is 141 Å². The van der Waals surface area contributed by atoms with E-state index in [1.807, 2.05) is 13.8 Å². The lowest BCUT2D eigenvalue weighted by Gasteiger charge is -2.64. The minimum absolute atomic E-state index is 0.0299. The lowest BCUT2D eigenvalue weighted by molar-refractivity contribution is -0.368. The number of methoxy groups -OCH3 is 1. The van der Waals surface area contributed by atoms with Gasteiger partial charge in [0.25, 0.3) is 0 Å². The average molecular weight is 783 g/mol. The van der Waals surface area contributed by atoms with Gasteiger partial charge in [-0.25, -0.2) is 0 Å². The van der Waals surface area contributed by atoms with E-state index >= 15 is 0 Å². The molecule has 0 unspecified atom stereocenters. The van der Waals surface area contributed by atoms with E-state index in [1.54, 1.807) is 0 Å². The molecule has 0 radical (unpaired) electrons. The fourth-order valence-corrected chi connectivity index (χ4v) is 15.4. The van der Waals surface area contributed by atoms with Crippen molar-refractivity contribution in [3.8, 4) is 0 Å². The molecule has 0 aromatic rings. The highest BCUT2D eigenvalue weighted by molar-refractivity contribution is 5.34. The quantitative estimate of drug-likeness (QED) is 0.191. The van der Waals surface area contributed by atoms with E-state index < -0.39 is 79.1 Å². The third-order valence-electron chi connectivity index (χ3n) is 17.9. The zero-order valence-electron chi connectivity index (χ0n) is 33.7. The van der Waals surface area contributed by atoms with Crippen molar-refractivity contribution in [1.82, 2.24) is 0 Å². The van der Waals surface area contributed by atoms with Gasteiger partial charge in [-0.05, 0) is 104 Å². The van der Waals surface area contributed by atoms with Crippen molar-refractivity contribution in [2.75, 3.05) is 13.7 Å². The van der Waals surface area contributed by atoms with E-state index in [1.165, 1.54) is 7.11 Å². The topological polar surface area (TPSA) is 206 Å². The number of hydrogen-bond acceptors (Lipinski definition) is 14. The van der Waals surface area contributed by atoms with Crippen molar-refractivity contribution in [3.05, 3.63) is 0 Å². The van der Waals surface area contributed by atoms with Crippen LogP contribution >= 0.6 is 0 Å². The molecule has 55 heavy (non-hydrogen) atoms. The zero-order valence-corrected chi connectivity index (χ0v) is 33.7. The molecule has 0 aromatic carbocycles. The molecule has 4 aliphatic heterocycles. The summed E-state index contributed by atoms with van der Waals surface area (Å²) in [6.07, 6.45) is -6.45. The Hall–Kier alpha value is -0.560. The van der Waals surface area contributed by atoms with Gasteiger partial charge in [-0.2, -0.15) is 0 Å². The monoisotopic (exact) mass is 782 g/mol. The lowest BCUT2D eigenvalue weighted by atomic mass is 9.41. The molecule has 22 atom stereocenters. The van der Waals surface area contributed by atoms with Crippen LogP contribution in [0.15, 0.2) is 0 Å². The largest absolute Gasteiger partial charge is 0.393 e. The van der Waals surface area contributed by atoms with Gasteiger partial charge in [-0.1, -0.05) is 34.6 Å². The van der Waals surface area contributed by atoms with Gasteiger partial charge >= 0.3 is 0 Å². The van der Waals surface area contributed by atoms with Crippen LogP contribution < -0.4 is 0 Å². The molecule has 0 amide bonds. The predicted octanol–water partition coefficient (Wildman–Crippen LogP) is 1.56. The summed E-state index contributed by atoms with van der Waals surface area (Å²) in [4.78, 5) is 0. The van der Waals surface area contributed by atoms with Crippen molar-refractivity contribution in [1.29, 1.82) is 0 Å². The van der Waals surface area contributed by atoms with Crippen LogP contribution in [0, 0.1) is 50.7 Å². The summed E-state index contributed by atoms with van der Waals surface area (Å²) in [6, 6.07) is 0. The molecule has 14 heteroatoms. The van der Waals surface area contributed by atoms with Gasteiger partial charge in [0.1, 0.15) is 42.7 Å². The van der Waals surface area contributed by atoms with E-state index in [2.05, 4.69) is 34.6 Å². The minimum Gasteiger partial charge on any atom is -0.393 e. The molecule has 4 saturated heterocycles. The molecule has 2 bridgehead atoms. The number of ether oxygens (including phenoxy) is 7. The summed E-state index contributed by atoms with van der Waals surface area (Å²) < 4.78 is 44.0. The van der Waals surface area contributed by atoms with E-state index in [-0.39, 0.29) is 69.6 Å². The molecule has 14 nitrogen and oxygen atoms in total. The lowest BCUT2D eigenvalue weighted by Crippen LogP contribution is -2.63. The molecular formula is C41H66O14. The van der Waals surface area contributed by atoms with E-state index in [9.17, 15) is 35.7 Å². The molecule has 314 valence electrons. The van der Waals surface area contributed by atoms with Crippen molar-refractivity contribution < 1.29 is 68.9 Å². The number of aliphatic hydroxyl groups excluding tert-OH is 7. The maximum Gasteiger partial charge on any atom is 0.190 e. The normalized spacial score (nSPS) is 60.6. The van der Waals surface area contributed by atoms with Gasteiger partial charge in [-0.15, -0.1) is 0 Å². The molecule has 9 fully saturated rings. The van der Waals surface area contributed by atoms with Crippen LogP contribution in [0.4, 0.5) is 0 Å². The van der Waals surface area contributed by atoms with Gasteiger partial charge in [0.2, 0.25) is 0 Å². The molecule has 9 rings (SSSR count). The number of rotatable bonds is 6. The third kappa shape index (κ3) is 5.10. The Morgan fingerprint density at radius 3 is 2.09 bits per heavy atom. The fraction of sp³-hybridized carbons (Fsp3) is 1.00. The predicted molar refractivity (Wildman–Crippen MR) is 191 cm³/mol. The molecule has 7 N–H and O–H groups in total. The van der Waals surface area contributed by atoms with Gasteiger partial charge in [0, 0.05) is 19.4 Å². The molecule has 5 aliphatic carbocycles. The van der Waals surface area contributed by atoms with Crippen LogP contribution in [0.3, 0.4) is 0 Å². The molecule has 0 aromatic heterocycles. The highest BCUT2D eigenvalue weighted by Gasteiger charge is 2.87. The highest BCUT2D eigenvalue weighted by Crippen LogP contribution is 2.90. The van der Waals surface area contributed by atoms with Gasteiger partial charge < -0.3 is 68.9 Å². The summed E-state index contributed by atoms with van der Waals surface area (Å²) in [5.74, 6) is -0.287. The van der Waals surface area contributed by atoms with Crippen LogP contribution in [0.2, 0.25) is 0 Å². The Morgan fingerprint density at radius 1 is 0.691 bits per heavy atom. The minimum atomic E-state index is -1.52. The second-order valence-corrected chi connectivity index (χ2v) is 21.1. The van der Waals surface area contributed by atoms with Crippen LogP contribution in [0.25, 0.3) is 0 Å². The Bertz CT molecular complexity index is 1510. The standard InChI is InChI=1S/C41H66O14/c1-18-13-21-31(36(4,5)55-34-28(48)25(45)27(47)32(49-8)52-34)54-41(53-21)16-38(7)30-19(42)14-22-35(2,3)23(51-33-26(46)24(44)20(43)15-50-33)9-10-39(22)17-40(30,39)12-11-37(38,6)29(18)41/h18-34,42-48H,9-17H2,1-8H3/t18-,19+,20+,21-,22+,23+,24+,25+,26+,27-,28-,29-,30+,31+,32-,33+,34-,37-,38+,39-,40+,41-/m1/s1. The SMILES string of the molecule is CO[C@@H]1O[C@H](OC(C)(C)[C@H]2O[C@]34C[C@@]5(C)[C@@H]6[C@@H](O)C[C@H]7C(C)(C)[C@@H](O[C@@H]8OC[C@H](O)[C@H](O)[C@@H]8O)CC[C@@]78C[C@@]68CC[C@]5(C)[C@H]3[C@H](C)C[C@H]2O4)[C@H](O)[C@@H](O)[C@H]1O. The first-order valence-electron chi connectivity index (χ1n) is 20.9. The molecule has 4 heterocycles. The number of fused-ring (bicyclic) bond motifs is 4. The van der Waals surface area contributed by atoms with Crippen molar-refractivity contribution in [3.63, 3.8) is 0 Å². The van der Waals surface area contributed by atoms with Gasteiger partial charge in [-0.3, -0.25) is 0 Å². The van der Waals surface area contributed by atoms with Crippen LogP contribution in [-0.2, 0) is 33.2 Å². The average Bonchev–Trinajstić information content (AvgIpc) is 3.58. The maximum absolute atomic E-state index is 12.6. The van der Waals surface area contributed by atoms with Crippen LogP contribution in [0.5, 0.6) is 0 Å². The smallest absolute Gasteiger partial charge is 0.190 e. The second kappa shape index (κ2) is 12.5. The highest BCUT2D eigenvalue weighted by atomic mass is 16.8. The second-order valence-electron chi connectivity index (χ2n) is 21.1. The first-order valence-corrected chi connectivity index (χ1v) is 20.9. The summed E-state index contributed by atoms with van der Waals surface area (Å²) in [7, 11) is 1.36. The van der Waals surface area contributed by atoms with Gasteiger partial charge in [0.15, 0.2) is 24.7 Å². The molecule has 3 spiro atoms. The summed E-state index contributed by atoms with van der Waals surface area (Å²) >= 11 is 0. The Labute approximate surface area is 324 Å². The first kappa shape index (κ1) is 39.9. The van der Waals surface area contributed by atoms with Crippen LogP contribution in [0.1, 0.15) is 99.8 Å².